The van der Waals surface area contributed by atoms with Crippen LogP contribution in [-0.4, -0.2) is 30.1 Å². The molecule has 0 bridgehead atoms. The Morgan fingerprint density at radius 3 is 2.60 bits per heavy atom. The number of carbonyl (C=O) groups excluding carboxylic acids is 2. The monoisotopic (exact) mass is 214 g/mol. The summed E-state index contributed by atoms with van der Waals surface area (Å²) in [6.07, 6.45) is 1.34. The molecule has 0 aromatic rings. The lowest BCUT2D eigenvalue weighted by atomic mass is 9.96. The predicted octanol–water partition coefficient (Wildman–Crippen LogP) is 1.08. The number of hydrogen-bond acceptors (Lipinski definition) is 4. The predicted molar refractivity (Wildman–Crippen MR) is 56.2 cm³/mol. The number of ketones is 1. The third-order valence-electron chi connectivity index (χ3n) is 2.20. The molecule has 0 amide bonds. The average molecular weight is 214 g/mol. The van der Waals surface area contributed by atoms with Crippen molar-refractivity contribution < 1.29 is 19.4 Å². The zero-order chi connectivity index (χ0) is 11.8. The summed E-state index contributed by atoms with van der Waals surface area (Å²) in [5.74, 6) is -0.891. The maximum absolute atomic E-state index is 11.2. The van der Waals surface area contributed by atoms with Gasteiger partial charge in [-0.15, -0.1) is 6.58 Å². The molecule has 0 aliphatic rings. The van der Waals surface area contributed by atoms with Crippen molar-refractivity contribution in [3.05, 3.63) is 12.7 Å². The molecule has 0 unspecified atom stereocenters. The van der Waals surface area contributed by atoms with Crippen molar-refractivity contribution in [3.63, 3.8) is 0 Å². The minimum absolute atomic E-state index is 0.00981. The van der Waals surface area contributed by atoms with E-state index in [4.69, 9.17) is 0 Å². The van der Waals surface area contributed by atoms with Gasteiger partial charge in [0.25, 0.3) is 0 Å². The summed E-state index contributed by atoms with van der Waals surface area (Å²) in [5.41, 5.74) is 0. The minimum Gasteiger partial charge on any atom is -0.469 e. The van der Waals surface area contributed by atoms with Gasteiger partial charge in [0.05, 0.1) is 13.2 Å². The molecule has 4 heteroatoms. The van der Waals surface area contributed by atoms with Gasteiger partial charge in [-0.25, -0.2) is 0 Å². The summed E-state index contributed by atoms with van der Waals surface area (Å²) in [4.78, 5) is 22.0. The molecule has 0 aliphatic carbocycles. The van der Waals surface area contributed by atoms with E-state index in [1.165, 1.54) is 7.11 Å². The Labute approximate surface area is 89.9 Å². The summed E-state index contributed by atoms with van der Waals surface area (Å²) in [5, 5.41) is 9.58. The molecule has 0 spiro atoms. The highest BCUT2D eigenvalue weighted by Crippen LogP contribution is 2.12. The zero-order valence-corrected chi connectivity index (χ0v) is 9.23. The summed E-state index contributed by atoms with van der Waals surface area (Å²) in [7, 11) is 1.23. The van der Waals surface area contributed by atoms with Crippen LogP contribution in [0.2, 0.25) is 0 Å². The lowest BCUT2D eigenvalue weighted by Gasteiger charge is -2.15. The molecule has 4 nitrogen and oxygen atoms in total. The molecule has 0 saturated carbocycles. The molecule has 0 fully saturated rings. The van der Waals surface area contributed by atoms with Crippen LogP contribution in [0.15, 0.2) is 12.7 Å². The molecule has 1 N–H and O–H groups in total. The van der Waals surface area contributed by atoms with Gasteiger partial charge in [-0.05, 0) is 12.3 Å². The van der Waals surface area contributed by atoms with Crippen LogP contribution in [0.5, 0.6) is 0 Å². The molecule has 0 radical (unpaired) electrons. The fourth-order valence-corrected chi connectivity index (χ4v) is 1.16. The molecule has 15 heavy (non-hydrogen) atoms. The van der Waals surface area contributed by atoms with Gasteiger partial charge in [0.15, 0.2) is 0 Å². The first kappa shape index (κ1) is 13.8. The molecule has 0 aromatic heterocycles. The molecule has 0 aliphatic heterocycles. The average Bonchev–Trinajstić information content (AvgIpc) is 2.17. The number of hydrogen-bond donors (Lipinski definition) is 1. The van der Waals surface area contributed by atoms with Crippen LogP contribution in [0.1, 0.15) is 26.2 Å². The van der Waals surface area contributed by atoms with Crippen LogP contribution >= 0.6 is 0 Å². The topological polar surface area (TPSA) is 63.6 Å². The van der Waals surface area contributed by atoms with Crippen molar-refractivity contribution in [3.8, 4) is 0 Å². The van der Waals surface area contributed by atoms with Crippen molar-refractivity contribution in [1.29, 1.82) is 0 Å². The largest absolute Gasteiger partial charge is 0.469 e. The zero-order valence-electron chi connectivity index (χ0n) is 9.23. The van der Waals surface area contributed by atoms with Crippen LogP contribution in [0.4, 0.5) is 0 Å². The molecule has 0 saturated heterocycles. The van der Waals surface area contributed by atoms with E-state index in [1.807, 2.05) is 6.92 Å². The van der Waals surface area contributed by atoms with Gasteiger partial charge in [-0.3, -0.25) is 9.59 Å². The number of carbonyl (C=O) groups is 2. The highest BCUT2D eigenvalue weighted by atomic mass is 16.5. The van der Waals surface area contributed by atoms with Crippen LogP contribution in [-0.2, 0) is 14.3 Å². The van der Waals surface area contributed by atoms with E-state index in [0.717, 1.165) is 0 Å². The van der Waals surface area contributed by atoms with E-state index in [0.29, 0.717) is 6.42 Å². The van der Waals surface area contributed by atoms with Crippen LogP contribution < -0.4 is 0 Å². The highest BCUT2D eigenvalue weighted by Gasteiger charge is 2.18. The Hall–Kier alpha value is -1.16. The fourth-order valence-electron chi connectivity index (χ4n) is 1.16. The van der Waals surface area contributed by atoms with Gasteiger partial charge in [0, 0.05) is 6.42 Å². The van der Waals surface area contributed by atoms with Crippen molar-refractivity contribution >= 4 is 11.8 Å². The fraction of sp³-hybridized carbons (Fsp3) is 0.636. The number of aliphatic hydroxyl groups excluding tert-OH is 1. The Balaban J connectivity index is 3.95. The quantitative estimate of drug-likeness (QED) is 0.391. The number of ether oxygens (including phenoxy) is 1. The number of aliphatic hydroxyl groups is 1. The maximum atomic E-state index is 11.2. The van der Waals surface area contributed by atoms with Gasteiger partial charge in [0.1, 0.15) is 12.2 Å². The van der Waals surface area contributed by atoms with Crippen molar-refractivity contribution in [1.82, 2.24) is 0 Å². The molecule has 86 valence electrons. The lowest BCUT2D eigenvalue weighted by Crippen LogP contribution is -2.22. The lowest BCUT2D eigenvalue weighted by molar-refractivity contribution is -0.143. The van der Waals surface area contributed by atoms with Gasteiger partial charge in [-0.2, -0.15) is 0 Å². The number of methoxy groups -OCH3 is 1. The van der Waals surface area contributed by atoms with Crippen molar-refractivity contribution in [2.75, 3.05) is 7.11 Å². The van der Waals surface area contributed by atoms with E-state index >= 15 is 0 Å². The summed E-state index contributed by atoms with van der Waals surface area (Å²) < 4.78 is 4.35. The van der Waals surface area contributed by atoms with Gasteiger partial charge in [0.2, 0.25) is 0 Å². The van der Waals surface area contributed by atoms with Crippen molar-refractivity contribution in [2.24, 2.45) is 5.92 Å². The summed E-state index contributed by atoms with van der Waals surface area (Å²) >= 11 is 0. The van der Waals surface area contributed by atoms with E-state index in [1.54, 1.807) is 6.08 Å². The second kappa shape index (κ2) is 7.17. The first-order valence-corrected chi connectivity index (χ1v) is 4.88. The summed E-state index contributed by atoms with van der Waals surface area (Å²) in [6, 6.07) is 0. The van der Waals surface area contributed by atoms with Gasteiger partial charge >= 0.3 is 5.97 Å². The van der Waals surface area contributed by atoms with Crippen LogP contribution in [0.25, 0.3) is 0 Å². The SMILES string of the molecule is C=CC[C@H](C)[C@H](O)CC(=O)CC(=O)OC. The Bertz CT molecular complexity index is 235. The third kappa shape index (κ3) is 6.01. The Morgan fingerprint density at radius 1 is 1.53 bits per heavy atom. The number of allylic oxidation sites excluding steroid dienone is 1. The smallest absolute Gasteiger partial charge is 0.313 e. The van der Waals surface area contributed by atoms with Crippen LogP contribution in [0, 0.1) is 5.92 Å². The first-order chi connectivity index (χ1) is 7.01. The highest BCUT2D eigenvalue weighted by molar-refractivity contribution is 5.95. The Kier molecular flexibility index (Phi) is 6.62. The second-order valence-corrected chi connectivity index (χ2v) is 3.56. The normalized spacial score (nSPS) is 14.1. The van der Waals surface area contributed by atoms with Crippen molar-refractivity contribution in [2.45, 2.75) is 32.3 Å². The maximum Gasteiger partial charge on any atom is 0.313 e. The third-order valence-corrected chi connectivity index (χ3v) is 2.20. The number of rotatable bonds is 7. The molecular formula is C11H18O4. The number of esters is 1. The van der Waals surface area contributed by atoms with E-state index in [9.17, 15) is 14.7 Å². The second-order valence-electron chi connectivity index (χ2n) is 3.56. The van der Waals surface area contributed by atoms with Gasteiger partial charge < -0.3 is 9.84 Å². The van der Waals surface area contributed by atoms with E-state index in [2.05, 4.69) is 11.3 Å². The molecular weight excluding hydrogens is 196 g/mol. The first-order valence-electron chi connectivity index (χ1n) is 4.88. The minimum atomic E-state index is -0.722. The van der Waals surface area contributed by atoms with E-state index < -0.39 is 12.1 Å². The Morgan fingerprint density at radius 2 is 2.13 bits per heavy atom. The standard InChI is InChI=1S/C11H18O4/c1-4-5-8(2)10(13)6-9(12)7-11(14)15-3/h4,8,10,13H,1,5-7H2,2-3H3/t8-,10+/m0/s1. The van der Waals surface area contributed by atoms with E-state index in [-0.39, 0.29) is 24.5 Å². The van der Waals surface area contributed by atoms with Gasteiger partial charge in [-0.1, -0.05) is 13.0 Å². The molecule has 0 aromatic carbocycles. The van der Waals surface area contributed by atoms with Crippen LogP contribution in [0.3, 0.4) is 0 Å². The molecule has 0 rings (SSSR count). The number of Topliss-reactive ketones (excluding diaryl/α,β-unsaturated/α-hetero) is 1. The molecule has 0 heterocycles. The summed E-state index contributed by atoms with van der Waals surface area (Å²) in [6.45, 7) is 5.38. The molecule has 2 atom stereocenters.